The summed E-state index contributed by atoms with van der Waals surface area (Å²) >= 11 is 0. The number of hydrogen-bond acceptors (Lipinski definition) is 5. The summed E-state index contributed by atoms with van der Waals surface area (Å²) < 4.78 is 1.11. The molecule has 1 atom stereocenters. The van der Waals surface area contributed by atoms with Crippen LogP contribution >= 0.6 is 0 Å². The molecule has 2 aromatic rings. The van der Waals surface area contributed by atoms with Crippen LogP contribution in [0.1, 0.15) is 26.2 Å². The molecule has 0 unspecified atom stereocenters. The van der Waals surface area contributed by atoms with Gasteiger partial charge in [0.1, 0.15) is 12.1 Å². The molecule has 1 aromatic carbocycles. The molecular weight excluding hydrogens is 306 g/mol. The van der Waals surface area contributed by atoms with E-state index >= 15 is 0 Å². The molecule has 0 saturated carbocycles. The number of nitrogens with one attached hydrogen (secondary N) is 1. The van der Waals surface area contributed by atoms with E-state index in [1.807, 2.05) is 0 Å². The van der Waals surface area contributed by atoms with Gasteiger partial charge in [0.25, 0.3) is 5.56 Å². The molecule has 1 amide bonds. The van der Waals surface area contributed by atoms with Crippen LogP contribution in [0.4, 0.5) is 0 Å². The highest BCUT2D eigenvalue weighted by Crippen LogP contribution is 2.15. The van der Waals surface area contributed by atoms with Crippen molar-refractivity contribution in [2.45, 2.75) is 38.8 Å². The number of piperidine rings is 1. The predicted molar refractivity (Wildman–Crippen MR) is 91.7 cm³/mol. The molecule has 7 nitrogen and oxygen atoms in total. The Morgan fingerprint density at radius 1 is 1.33 bits per heavy atom. The average Bonchev–Trinajstić information content (AvgIpc) is 2.59. The highest BCUT2D eigenvalue weighted by atomic mass is 16.2. The molecule has 1 saturated heterocycles. The molecule has 1 aliphatic heterocycles. The minimum absolute atomic E-state index is 0.105. The van der Waals surface area contributed by atoms with Crippen molar-refractivity contribution in [2.24, 2.45) is 0 Å². The Labute approximate surface area is 140 Å². The Bertz CT molecular complexity index is 773. The fraction of sp³-hybridized carbons (Fsp3) is 0.529. The summed E-state index contributed by atoms with van der Waals surface area (Å²) in [5.41, 5.74) is 0.249. The van der Waals surface area contributed by atoms with Gasteiger partial charge in [0.2, 0.25) is 5.91 Å². The molecule has 2 heterocycles. The minimum Gasteiger partial charge on any atom is -0.353 e. The molecule has 0 radical (unpaired) electrons. The Morgan fingerprint density at radius 2 is 2.17 bits per heavy atom. The van der Waals surface area contributed by atoms with Crippen LogP contribution in [0.2, 0.25) is 0 Å². The van der Waals surface area contributed by atoms with Gasteiger partial charge in [-0.15, -0.1) is 5.10 Å². The molecule has 0 spiro atoms. The largest absolute Gasteiger partial charge is 0.353 e. The molecule has 128 valence electrons. The number of nitrogens with zero attached hydrogens (tertiary/aromatic N) is 4. The third kappa shape index (κ3) is 3.79. The highest BCUT2D eigenvalue weighted by molar-refractivity contribution is 5.78. The number of amides is 1. The van der Waals surface area contributed by atoms with Crippen molar-refractivity contribution in [1.29, 1.82) is 0 Å². The SMILES string of the molecule is C[C@H]1CCCCN1CCNC(=O)Cn1nnc2ccccc2c1=O. The molecule has 24 heavy (non-hydrogen) atoms. The van der Waals surface area contributed by atoms with Gasteiger partial charge in [0.05, 0.1) is 5.39 Å². The van der Waals surface area contributed by atoms with Crippen LogP contribution in [0.15, 0.2) is 29.1 Å². The van der Waals surface area contributed by atoms with Crippen molar-refractivity contribution in [3.63, 3.8) is 0 Å². The molecular formula is C17H23N5O2. The lowest BCUT2D eigenvalue weighted by molar-refractivity contribution is -0.122. The maximum absolute atomic E-state index is 12.3. The second kappa shape index (κ2) is 7.53. The zero-order valence-corrected chi connectivity index (χ0v) is 13.9. The van der Waals surface area contributed by atoms with Crippen molar-refractivity contribution in [2.75, 3.05) is 19.6 Å². The first-order valence-electron chi connectivity index (χ1n) is 8.48. The van der Waals surface area contributed by atoms with Crippen molar-refractivity contribution < 1.29 is 4.79 Å². The summed E-state index contributed by atoms with van der Waals surface area (Å²) in [7, 11) is 0. The zero-order chi connectivity index (χ0) is 16.9. The predicted octanol–water partition coefficient (Wildman–Crippen LogP) is 0.782. The van der Waals surface area contributed by atoms with E-state index in [0.29, 0.717) is 23.5 Å². The standard InChI is InChI=1S/C17H23N5O2/c1-13-6-4-5-10-21(13)11-9-18-16(23)12-22-17(24)14-7-2-3-8-15(14)19-20-22/h2-3,7-8,13H,4-6,9-12H2,1H3,(H,18,23)/t13-/m0/s1. The topological polar surface area (TPSA) is 80.1 Å². The van der Waals surface area contributed by atoms with Crippen LogP contribution in [-0.4, -0.2) is 51.5 Å². The number of fused-ring (bicyclic) bond motifs is 1. The maximum Gasteiger partial charge on any atom is 0.278 e. The number of benzene rings is 1. The van der Waals surface area contributed by atoms with Gasteiger partial charge in [-0.3, -0.25) is 14.5 Å². The third-order valence-electron chi connectivity index (χ3n) is 4.58. The molecule has 1 fully saturated rings. The van der Waals surface area contributed by atoms with Crippen LogP contribution in [0, 0.1) is 0 Å². The lowest BCUT2D eigenvalue weighted by Crippen LogP contribution is -2.43. The lowest BCUT2D eigenvalue weighted by atomic mass is 10.0. The maximum atomic E-state index is 12.3. The summed E-state index contributed by atoms with van der Waals surface area (Å²) in [6, 6.07) is 7.57. The highest BCUT2D eigenvalue weighted by Gasteiger charge is 2.17. The summed E-state index contributed by atoms with van der Waals surface area (Å²) in [5.74, 6) is -0.216. The van der Waals surface area contributed by atoms with E-state index in [0.717, 1.165) is 17.8 Å². The van der Waals surface area contributed by atoms with Crippen LogP contribution in [0.3, 0.4) is 0 Å². The van der Waals surface area contributed by atoms with Gasteiger partial charge in [0.15, 0.2) is 0 Å². The second-order valence-electron chi connectivity index (χ2n) is 6.30. The summed E-state index contributed by atoms with van der Waals surface area (Å²) in [5, 5.41) is 11.2. The van der Waals surface area contributed by atoms with E-state index in [1.54, 1.807) is 24.3 Å². The summed E-state index contributed by atoms with van der Waals surface area (Å²) in [4.78, 5) is 26.8. The fourth-order valence-corrected chi connectivity index (χ4v) is 3.15. The van der Waals surface area contributed by atoms with Crippen LogP contribution < -0.4 is 10.9 Å². The summed E-state index contributed by atoms with van der Waals surface area (Å²) in [6.07, 6.45) is 3.73. The normalized spacial score (nSPS) is 18.6. The summed E-state index contributed by atoms with van der Waals surface area (Å²) in [6.45, 7) is 4.63. The monoisotopic (exact) mass is 329 g/mol. The number of aromatic nitrogens is 3. The van der Waals surface area contributed by atoms with Gasteiger partial charge >= 0.3 is 0 Å². The first-order chi connectivity index (χ1) is 11.6. The smallest absolute Gasteiger partial charge is 0.278 e. The molecule has 1 aliphatic rings. The van der Waals surface area contributed by atoms with Crippen LogP contribution in [-0.2, 0) is 11.3 Å². The molecule has 7 heteroatoms. The van der Waals surface area contributed by atoms with E-state index in [9.17, 15) is 9.59 Å². The number of hydrogen-bond donors (Lipinski definition) is 1. The van der Waals surface area contributed by atoms with Gasteiger partial charge in [-0.1, -0.05) is 23.8 Å². The molecule has 1 N–H and O–H groups in total. The average molecular weight is 329 g/mol. The van der Waals surface area contributed by atoms with Crippen LogP contribution in [0.25, 0.3) is 10.9 Å². The molecule has 3 rings (SSSR count). The zero-order valence-electron chi connectivity index (χ0n) is 13.9. The minimum atomic E-state index is -0.291. The molecule has 0 bridgehead atoms. The lowest BCUT2D eigenvalue weighted by Gasteiger charge is -2.33. The van der Waals surface area contributed by atoms with Gasteiger partial charge in [-0.05, 0) is 38.4 Å². The van der Waals surface area contributed by atoms with E-state index < -0.39 is 0 Å². The van der Waals surface area contributed by atoms with Crippen molar-refractivity contribution in [1.82, 2.24) is 25.2 Å². The Kier molecular flexibility index (Phi) is 5.20. The van der Waals surface area contributed by atoms with E-state index in [4.69, 9.17) is 0 Å². The van der Waals surface area contributed by atoms with Crippen molar-refractivity contribution in [3.05, 3.63) is 34.6 Å². The fourth-order valence-electron chi connectivity index (χ4n) is 3.15. The van der Waals surface area contributed by atoms with E-state index in [-0.39, 0.29) is 18.0 Å². The van der Waals surface area contributed by atoms with E-state index in [2.05, 4.69) is 27.5 Å². The van der Waals surface area contributed by atoms with Gasteiger partial charge in [0, 0.05) is 19.1 Å². The Morgan fingerprint density at radius 3 is 3.00 bits per heavy atom. The number of carbonyl (C=O) groups excluding carboxylic acids is 1. The van der Waals surface area contributed by atoms with E-state index in [1.165, 1.54) is 19.3 Å². The Hall–Kier alpha value is -2.28. The van der Waals surface area contributed by atoms with Gasteiger partial charge < -0.3 is 5.32 Å². The quantitative estimate of drug-likeness (QED) is 0.877. The molecule has 0 aliphatic carbocycles. The first kappa shape index (κ1) is 16.6. The first-order valence-corrected chi connectivity index (χ1v) is 8.48. The van der Waals surface area contributed by atoms with Crippen molar-refractivity contribution in [3.8, 4) is 0 Å². The molecule has 1 aromatic heterocycles. The van der Waals surface area contributed by atoms with Gasteiger partial charge in [-0.2, -0.15) is 0 Å². The number of carbonyl (C=O) groups is 1. The van der Waals surface area contributed by atoms with Crippen LogP contribution in [0.5, 0.6) is 0 Å². The van der Waals surface area contributed by atoms with Gasteiger partial charge in [-0.25, -0.2) is 4.68 Å². The van der Waals surface area contributed by atoms with Crippen molar-refractivity contribution >= 4 is 16.8 Å². The number of likely N-dealkylation sites (tertiary alicyclic amines) is 1. The second-order valence-corrected chi connectivity index (χ2v) is 6.30. The Balaban J connectivity index is 1.55. The third-order valence-corrected chi connectivity index (χ3v) is 4.58. The number of rotatable bonds is 5.